The first kappa shape index (κ1) is 15.5. The van der Waals surface area contributed by atoms with Gasteiger partial charge in [-0.3, -0.25) is 9.58 Å². The fourth-order valence-electron chi connectivity index (χ4n) is 2.81. The Morgan fingerprint density at radius 1 is 1.30 bits per heavy atom. The Kier molecular flexibility index (Phi) is 3.63. The molecule has 1 N–H and O–H groups in total. The Bertz CT molecular complexity index is 768. The fraction of sp³-hybridized carbons (Fsp3) is 0.333. The number of hydrogen-bond donors (Lipinski definition) is 1. The van der Waals surface area contributed by atoms with Gasteiger partial charge >= 0.3 is 12.1 Å². The number of alkyl halides is 3. The van der Waals surface area contributed by atoms with Gasteiger partial charge in [-0.25, -0.2) is 4.79 Å². The van der Waals surface area contributed by atoms with E-state index in [1.165, 1.54) is 17.8 Å². The number of aryl methyl sites for hydroxylation is 1. The minimum absolute atomic E-state index is 0.0996. The highest BCUT2D eigenvalue weighted by molar-refractivity contribution is 5.87. The molecule has 1 aromatic heterocycles. The van der Waals surface area contributed by atoms with Crippen LogP contribution in [0, 0.1) is 0 Å². The van der Waals surface area contributed by atoms with E-state index in [0.717, 1.165) is 17.3 Å². The molecular weight excluding hydrogens is 311 g/mol. The molecule has 0 saturated carbocycles. The second-order valence-electron chi connectivity index (χ2n) is 5.56. The number of hydrogen-bond acceptors (Lipinski definition) is 3. The van der Waals surface area contributed by atoms with Gasteiger partial charge in [0.1, 0.15) is 0 Å². The molecule has 0 spiro atoms. The molecule has 0 fully saturated rings. The third-order valence-electron chi connectivity index (χ3n) is 3.98. The molecule has 2 aromatic rings. The lowest BCUT2D eigenvalue weighted by atomic mass is 10.1. The van der Waals surface area contributed by atoms with Gasteiger partial charge in [0.05, 0.1) is 23.0 Å². The third-order valence-corrected chi connectivity index (χ3v) is 3.98. The third kappa shape index (κ3) is 2.94. The van der Waals surface area contributed by atoms with E-state index < -0.39 is 17.7 Å². The monoisotopic (exact) mass is 325 g/mol. The van der Waals surface area contributed by atoms with Crippen LogP contribution >= 0.6 is 0 Å². The molecule has 8 heteroatoms. The topological polar surface area (TPSA) is 58.4 Å². The van der Waals surface area contributed by atoms with Gasteiger partial charge in [0.25, 0.3) is 0 Å². The van der Waals surface area contributed by atoms with Crippen molar-refractivity contribution in [3.05, 3.63) is 52.3 Å². The van der Waals surface area contributed by atoms with Gasteiger partial charge in [0, 0.05) is 26.7 Å². The van der Waals surface area contributed by atoms with Crippen LogP contribution in [0.15, 0.2) is 24.4 Å². The Labute approximate surface area is 129 Å². The molecule has 1 aromatic carbocycles. The maximum absolute atomic E-state index is 13.0. The summed E-state index contributed by atoms with van der Waals surface area (Å²) in [6, 6.07) is 4.80. The minimum atomic E-state index is -4.44. The lowest BCUT2D eigenvalue weighted by Crippen LogP contribution is -2.20. The van der Waals surface area contributed by atoms with Gasteiger partial charge in [0.15, 0.2) is 0 Å². The van der Waals surface area contributed by atoms with Crippen molar-refractivity contribution >= 4 is 5.97 Å². The predicted octanol–water partition coefficient (Wildman–Crippen LogP) is 2.65. The molecule has 0 aliphatic carbocycles. The number of benzene rings is 1. The van der Waals surface area contributed by atoms with Crippen molar-refractivity contribution in [2.45, 2.75) is 25.8 Å². The molecule has 0 saturated heterocycles. The molecule has 0 radical (unpaired) electrons. The van der Waals surface area contributed by atoms with E-state index in [9.17, 15) is 18.0 Å². The normalized spacial score (nSPS) is 15.0. The van der Waals surface area contributed by atoms with Gasteiger partial charge in [-0.05, 0) is 23.3 Å². The summed E-state index contributed by atoms with van der Waals surface area (Å²) < 4.78 is 40.2. The van der Waals surface area contributed by atoms with Crippen molar-refractivity contribution in [2.75, 3.05) is 0 Å². The largest absolute Gasteiger partial charge is 0.478 e. The second-order valence-corrected chi connectivity index (χ2v) is 5.56. The maximum atomic E-state index is 13.0. The van der Waals surface area contributed by atoms with Gasteiger partial charge in [-0.1, -0.05) is 6.07 Å². The minimum Gasteiger partial charge on any atom is -0.478 e. The fourth-order valence-corrected chi connectivity index (χ4v) is 2.81. The van der Waals surface area contributed by atoms with Crippen molar-refractivity contribution in [2.24, 2.45) is 7.05 Å². The Morgan fingerprint density at radius 3 is 2.65 bits per heavy atom. The zero-order chi connectivity index (χ0) is 16.8. The summed E-state index contributed by atoms with van der Waals surface area (Å²) in [4.78, 5) is 12.8. The first-order valence-corrected chi connectivity index (χ1v) is 6.91. The lowest BCUT2D eigenvalue weighted by molar-refractivity contribution is -0.138. The second kappa shape index (κ2) is 5.38. The van der Waals surface area contributed by atoms with E-state index in [1.807, 2.05) is 4.90 Å². The van der Waals surface area contributed by atoms with Crippen LogP contribution in [0.2, 0.25) is 0 Å². The number of nitrogens with zero attached hydrogens (tertiary/aromatic N) is 3. The van der Waals surface area contributed by atoms with Crippen molar-refractivity contribution in [3.8, 4) is 0 Å². The predicted molar refractivity (Wildman–Crippen MR) is 74.6 cm³/mol. The summed E-state index contributed by atoms with van der Waals surface area (Å²) in [5, 5.41) is 12.7. The number of aromatic nitrogens is 2. The van der Waals surface area contributed by atoms with Crippen LogP contribution < -0.4 is 0 Å². The standard InChI is InChI=1S/C15H14F3N3O2/c1-20-13(12(5-19-20)15(16,17)18)8-21-6-10-3-2-9(14(22)23)4-11(10)7-21/h2-5H,6-8H2,1H3,(H,22,23). The number of aromatic carboxylic acids is 1. The quantitative estimate of drug-likeness (QED) is 0.942. The first-order valence-electron chi connectivity index (χ1n) is 6.91. The van der Waals surface area contributed by atoms with Crippen LogP contribution in [0.1, 0.15) is 32.7 Å². The molecular formula is C15H14F3N3O2. The SMILES string of the molecule is Cn1ncc(C(F)(F)F)c1CN1Cc2ccc(C(=O)O)cc2C1. The summed E-state index contributed by atoms with van der Waals surface area (Å²) >= 11 is 0. The van der Waals surface area contributed by atoms with Crippen LogP contribution in [0.3, 0.4) is 0 Å². The van der Waals surface area contributed by atoms with Gasteiger partial charge in [0.2, 0.25) is 0 Å². The number of carbonyl (C=O) groups is 1. The molecule has 1 aliphatic heterocycles. The van der Waals surface area contributed by atoms with Crippen molar-refractivity contribution in [1.29, 1.82) is 0 Å². The highest BCUT2D eigenvalue weighted by atomic mass is 19.4. The van der Waals surface area contributed by atoms with Crippen LogP contribution in [0.25, 0.3) is 0 Å². The van der Waals surface area contributed by atoms with E-state index in [0.29, 0.717) is 13.1 Å². The van der Waals surface area contributed by atoms with E-state index in [4.69, 9.17) is 5.11 Å². The Morgan fingerprint density at radius 2 is 2.00 bits per heavy atom. The molecule has 1 aliphatic rings. The Balaban J connectivity index is 1.82. The number of carboxylic acids is 1. The van der Waals surface area contributed by atoms with Crippen molar-refractivity contribution in [3.63, 3.8) is 0 Å². The summed E-state index contributed by atoms with van der Waals surface area (Å²) in [7, 11) is 1.48. The number of rotatable bonds is 3. The summed E-state index contributed by atoms with van der Waals surface area (Å²) in [5.41, 5.74) is 1.32. The van der Waals surface area contributed by atoms with Gasteiger partial charge in [-0.2, -0.15) is 18.3 Å². The summed E-state index contributed by atoms with van der Waals surface area (Å²) in [6.07, 6.45) is -3.60. The van der Waals surface area contributed by atoms with Crippen LogP contribution in [-0.2, 0) is 32.9 Å². The molecule has 2 heterocycles. The maximum Gasteiger partial charge on any atom is 0.419 e. The van der Waals surface area contributed by atoms with E-state index >= 15 is 0 Å². The summed E-state index contributed by atoms with van der Waals surface area (Å²) in [5.74, 6) is -1.02. The number of carboxylic acid groups (broad SMARTS) is 1. The number of halogens is 3. The van der Waals surface area contributed by atoms with Crippen LogP contribution in [0.5, 0.6) is 0 Å². The average Bonchev–Trinajstić information content (AvgIpc) is 3.01. The van der Waals surface area contributed by atoms with E-state index in [2.05, 4.69) is 5.10 Å². The first-order chi connectivity index (χ1) is 10.8. The van der Waals surface area contributed by atoms with E-state index in [-0.39, 0.29) is 17.8 Å². The molecule has 0 unspecified atom stereocenters. The molecule has 0 atom stereocenters. The molecule has 122 valence electrons. The lowest BCUT2D eigenvalue weighted by Gasteiger charge is -2.17. The summed E-state index contributed by atoms with van der Waals surface area (Å²) in [6.45, 7) is 0.999. The van der Waals surface area contributed by atoms with E-state index in [1.54, 1.807) is 12.1 Å². The van der Waals surface area contributed by atoms with Gasteiger partial charge < -0.3 is 5.11 Å². The van der Waals surface area contributed by atoms with Crippen LogP contribution in [0.4, 0.5) is 13.2 Å². The smallest absolute Gasteiger partial charge is 0.419 e. The number of fused-ring (bicyclic) bond motifs is 1. The average molecular weight is 325 g/mol. The van der Waals surface area contributed by atoms with Crippen molar-refractivity contribution < 1.29 is 23.1 Å². The zero-order valence-corrected chi connectivity index (χ0v) is 12.3. The zero-order valence-electron chi connectivity index (χ0n) is 12.3. The molecule has 0 bridgehead atoms. The molecule has 5 nitrogen and oxygen atoms in total. The molecule has 23 heavy (non-hydrogen) atoms. The van der Waals surface area contributed by atoms with Crippen LogP contribution in [-0.4, -0.2) is 25.8 Å². The van der Waals surface area contributed by atoms with Crippen molar-refractivity contribution in [1.82, 2.24) is 14.7 Å². The highest BCUT2D eigenvalue weighted by Gasteiger charge is 2.36. The molecule has 0 amide bonds. The molecule has 3 rings (SSSR count). The van der Waals surface area contributed by atoms with Gasteiger partial charge in [-0.15, -0.1) is 0 Å². The Hall–Kier alpha value is -2.35. The highest BCUT2D eigenvalue weighted by Crippen LogP contribution is 2.33.